The standard InChI is InChI=1S/C20H13Cl3N6O2S4/c21-12-4-2-1-3-11(12)16(31)25-18-27-29-20(35-18)33-9-15(30)24-17-26-28-19(34-17)32-8-10-5-6-13(22)14(23)7-10/h1-7H,8-9H2,(H,24,26,30)(H,25,27,31). The third-order valence-corrected chi connectivity index (χ3v) is 9.16. The molecule has 0 unspecified atom stereocenters. The van der Waals surface area contributed by atoms with Crippen LogP contribution >= 0.6 is 81.0 Å². The Morgan fingerprint density at radius 1 is 0.800 bits per heavy atom. The maximum absolute atomic E-state index is 12.3. The lowest BCUT2D eigenvalue weighted by Gasteiger charge is -2.02. The highest BCUT2D eigenvalue weighted by Crippen LogP contribution is 2.31. The number of hydrogen-bond acceptors (Lipinski definition) is 10. The molecule has 2 N–H and O–H groups in total. The van der Waals surface area contributed by atoms with Gasteiger partial charge in [-0.25, -0.2) is 0 Å². The number of carbonyl (C=O) groups excluding carboxylic acids is 2. The molecule has 2 aromatic heterocycles. The number of carbonyl (C=O) groups is 2. The van der Waals surface area contributed by atoms with Gasteiger partial charge in [-0.1, -0.05) is 99.2 Å². The molecule has 0 bridgehead atoms. The van der Waals surface area contributed by atoms with Crippen LogP contribution in [0.3, 0.4) is 0 Å². The first-order chi connectivity index (χ1) is 16.9. The summed E-state index contributed by atoms with van der Waals surface area (Å²) in [6, 6.07) is 12.1. The SMILES string of the molecule is O=C(CSc1nnc(NC(=O)c2ccccc2Cl)s1)Nc1nnc(SCc2ccc(Cl)c(Cl)c2)s1. The zero-order valence-corrected chi connectivity index (χ0v) is 22.9. The molecule has 2 amide bonds. The fourth-order valence-corrected chi connectivity index (χ4v) is 6.30. The molecule has 0 fully saturated rings. The van der Waals surface area contributed by atoms with Crippen molar-refractivity contribution in [1.29, 1.82) is 0 Å². The van der Waals surface area contributed by atoms with E-state index in [2.05, 4.69) is 31.0 Å². The topological polar surface area (TPSA) is 110 Å². The van der Waals surface area contributed by atoms with Crippen molar-refractivity contribution in [3.63, 3.8) is 0 Å². The van der Waals surface area contributed by atoms with E-state index in [1.807, 2.05) is 6.07 Å². The number of benzene rings is 2. The molecule has 0 aliphatic heterocycles. The minimum absolute atomic E-state index is 0.0957. The van der Waals surface area contributed by atoms with Gasteiger partial charge in [0.15, 0.2) is 8.68 Å². The van der Waals surface area contributed by atoms with E-state index in [1.165, 1.54) is 34.9 Å². The van der Waals surface area contributed by atoms with Gasteiger partial charge in [-0.3, -0.25) is 20.2 Å². The quantitative estimate of drug-likeness (QED) is 0.162. The average molecular weight is 604 g/mol. The van der Waals surface area contributed by atoms with Gasteiger partial charge < -0.3 is 0 Å². The normalized spacial score (nSPS) is 10.8. The number of amides is 2. The second-order valence-electron chi connectivity index (χ2n) is 6.55. The summed E-state index contributed by atoms with van der Waals surface area (Å²) >= 11 is 23.1. The number of thioether (sulfide) groups is 2. The first kappa shape index (κ1) is 26.1. The number of nitrogens with one attached hydrogen (secondary N) is 2. The van der Waals surface area contributed by atoms with E-state index >= 15 is 0 Å². The fraction of sp³-hybridized carbons (Fsp3) is 0.100. The van der Waals surface area contributed by atoms with Gasteiger partial charge in [0.05, 0.1) is 26.4 Å². The summed E-state index contributed by atoms with van der Waals surface area (Å²) in [7, 11) is 0. The molecular formula is C20H13Cl3N6O2S4. The number of hydrogen-bond donors (Lipinski definition) is 2. The Kier molecular flexibility index (Phi) is 9.22. The molecule has 2 aromatic carbocycles. The van der Waals surface area contributed by atoms with Crippen molar-refractivity contribution in [1.82, 2.24) is 20.4 Å². The molecule has 8 nitrogen and oxygen atoms in total. The second kappa shape index (κ2) is 12.3. The molecular weight excluding hydrogens is 591 g/mol. The molecule has 15 heteroatoms. The van der Waals surface area contributed by atoms with Gasteiger partial charge in [-0.15, -0.1) is 20.4 Å². The van der Waals surface area contributed by atoms with Crippen molar-refractivity contribution >= 4 is 103 Å². The van der Waals surface area contributed by atoms with Gasteiger partial charge in [0, 0.05) is 5.75 Å². The van der Waals surface area contributed by atoms with Gasteiger partial charge in [0.1, 0.15) is 0 Å². The van der Waals surface area contributed by atoms with Crippen molar-refractivity contribution in [2.45, 2.75) is 14.4 Å². The van der Waals surface area contributed by atoms with Gasteiger partial charge in [0.2, 0.25) is 16.2 Å². The maximum atomic E-state index is 12.3. The summed E-state index contributed by atoms with van der Waals surface area (Å²) in [5.74, 6) is 0.0920. The summed E-state index contributed by atoms with van der Waals surface area (Å²) in [6.45, 7) is 0. The minimum atomic E-state index is -0.384. The van der Waals surface area contributed by atoms with Crippen molar-refractivity contribution < 1.29 is 9.59 Å². The Hall–Kier alpha value is -1.93. The lowest BCUT2D eigenvalue weighted by atomic mass is 10.2. The Bertz CT molecular complexity index is 1370. The molecule has 0 spiro atoms. The highest BCUT2D eigenvalue weighted by Gasteiger charge is 2.15. The smallest absolute Gasteiger partial charge is 0.259 e. The summed E-state index contributed by atoms with van der Waals surface area (Å²) < 4.78 is 1.24. The van der Waals surface area contributed by atoms with Crippen LogP contribution in [0.5, 0.6) is 0 Å². The van der Waals surface area contributed by atoms with Crippen LogP contribution in [0, 0.1) is 0 Å². The molecule has 4 rings (SSSR count). The van der Waals surface area contributed by atoms with Crippen LogP contribution in [0.15, 0.2) is 51.1 Å². The van der Waals surface area contributed by atoms with E-state index in [9.17, 15) is 9.59 Å². The van der Waals surface area contributed by atoms with Gasteiger partial charge in [-0.05, 0) is 29.8 Å². The van der Waals surface area contributed by atoms with E-state index in [4.69, 9.17) is 34.8 Å². The zero-order chi connectivity index (χ0) is 24.8. The molecule has 180 valence electrons. The lowest BCUT2D eigenvalue weighted by molar-refractivity contribution is -0.113. The van der Waals surface area contributed by atoms with E-state index in [1.54, 1.807) is 36.4 Å². The van der Waals surface area contributed by atoms with Gasteiger partial charge in [0.25, 0.3) is 5.91 Å². The van der Waals surface area contributed by atoms with E-state index in [0.717, 1.165) is 16.9 Å². The van der Waals surface area contributed by atoms with Gasteiger partial charge >= 0.3 is 0 Å². The third-order valence-electron chi connectivity index (χ3n) is 4.07. The summed E-state index contributed by atoms with van der Waals surface area (Å²) in [5, 5.41) is 23.4. The summed E-state index contributed by atoms with van der Waals surface area (Å²) in [6.07, 6.45) is 0. The highest BCUT2D eigenvalue weighted by atomic mass is 35.5. The molecule has 0 aliphatic rings. The summed E-state index contributed by atoms with van der Waals surface area (Å²) in [4.78, 5) is 24.6. The molecule has 0 aliphatic carbocycles. The number of nitrogens with zero attached hydrogens (tertiary/aromatic N) is 4. The fourth-order valence-electron chi connectivity index (χ4n) is 2.50. The molecule has 0 saturated carbocycles. The van der Waals surface area contributed by atoms with Crippen LogP contribution in [0.4, 0.5) is 10.3 Å². The first-order valence-corrected chi connectivity index (χ1v) is 14.3. The maximum Gasteiger partial charge on any atom is 0.259 e. The van der Waals surface area contributed by atoms with Crippen LogP contribution in [-0.4, -0.2) is 38.0 Å². The van der Waals surface area contributed by atoms with Crippen molar-refractivity contribution in [2.24, 2.45) is 0 Å². The van der Waals surface area contributed by atoms with E-state index in [0.29, 0.717) is 45.3 Å². The number of aromatic nitrogens is 4. The predicted octanol–water partition coefficient (Wildman–Crippen LogP) is 6.63. The Morgan fingerprint density at radius 3 is 2.20 bits per heavy atom. The highest BCUT2D eigenvalue weighted by molar-refractivity contribution is 8.01. The van der Waals surface area contributed by atoms with Crippen LogP contribution in [0.1, 0.15) is 15.9 Å². The predicted molar refractivity (Wildman–Crippen MR) is 145 cm³/mol. The lowest BCUT2D eigenvalue weighted by Crippen LogP contribution is -2.13. The summed E-state index contributed by atoms with van der Waals surface area (Å²) in [5.41, 5.74) is 1.34. The first-order valence-electron chi connectivity index (χ1n) is 9.59. The zero-order valence-electron chi connectivity index (χ0n) is 17.3. The van der Waals surface area contributed by atoms with Crippen molar-refractivity contribution in [2.75, 3.05) is 16.4 Å². The molecule has 0 saturated heterocycles. The Balaban J connectivity index is 1.23. The van der Waals surface area contributed by atoms with Crippen molar-refractivity contribution in [3.05, 3.63) is 68.7 Å². The van der Waals surface area contributed by atoms with Crippen LogP contribution in [-0.2, 0) is 10.5 Å². The second-order valence-corrected chi connectivity index (χ2v) is 12.2. The van der Waals surface area contributed by atoms with Crippen LogP contribution < -0.4 is 10.6 Å². The monoisotopic (exact) mass is 602 g/mol. The Labute approximate surface area is 231 Å². The average Bonchev–Trinajstić information content (AvgIpc) is 3.48. The van der Waals surface area contributed by atoms with Gasteiger partial charge in [-0.2, -0.15) is 0 Å². The number of anilines is 2. The molecule has 0 atom stereocenters. The van der Waals surface area contributed by atoms with Crippen LogP contribution in [0.2, 0.25) is 15.1 Å². The Morgan fingerprint density at radius 2 is 1.49 bits per heavy atom. The molecule has 4 aromatic rings. The molecule has 35 heavy (non-hydrogen) atoms. The van der Waals surface area contributed by atoms with E-state index in [-0.39, 0.29) is 17.6 Å². The largest absolute Gasteiger partial charge is 0.300 e. The van der Waals surface area contributed by atoms with E-state index < -0.39 is 0 Å². The molecule has 0 radical (unpaired) electrons. The minimum Gasteiger partial charge on any atom is -0.300 e. The number of rotatable bonds is 9. The van der Waals surface area contributed by atoms with Crippen LogP contribution in [0.25, 0.3) is 0 Å². The molecule has 2 heterocycles. The van der Waals surface area contributed by atoms with Crippen molar-refractivity contribution in [3.8, 4) is 0 Å². The number of halogens is 3. The third kappa shape index (κ3) is 7.53.